The highest BCUT2D eigenvalue weighted by Crippen LogP contribution is 2.37. The number of hydrogen-bond donors (Lipinski definition) is 1. The molecule has 98 valence electrons. The molecule has 3 heteroatoms. The zero-order valence-electron chi connectivity index (χ0n) is 11.3. The summed E-state index contributed by atoms with van der Waals surface area (Å²) in [6.45, 7) is 11.0. The van der Waals surface area contributed by atoms with Crippen LogP contribution in [0.1, 0.15) is 40.0 Å². The molecule has 0 aromatic heterocycles. The summed E-state index contributed by atoms with van der Waals surface area (Å²) >= 11 is 0. The van der Waals surface area contributed by atoms with Crippen molar-refractivity contribution in [1.29, 1.82) is 0 Å². The van der Waals surface area contributed by atoms with Crippen LogP contribution in [-0.2, 0) is 9.53 Å². The first-order valence-corrected chi connectivity index (χ1v) is 6.60. The third-order valence-corrected chi connectivity index (χ3v) is 3.83. The van der Waals surface area contributed by atoms with Gasteiger partial charge in [-0.05, 0) is 38.0 Å². The molecule has 3 atom stereocenters. The lowest BCUT2D eigenvalue weighted by Gasteiger charge is -2.43. The smallest absolute Gasteiger partial charge is 0.326 e. The maximum Gasteiger partial charge on any atom is 0.326 e. The van der Waals surface area contributed by atoms with Gasteiger partial charge in [0.25, 0.3) is 0 Å². The fourth-order valence-corrected chi connectivity index (χ4v) is 2.80. The minimum absolute atomic E-state index is 0.0961. The summed E-state index contributed by atoms with van der Waals surface area (Å²) in [5, 5.41) is 3.35. The Balaban J connectivity index is 2.84. The first-order valence-electron chi connectivity index (χ1n) is 6.60. The van der Waals surface area contributed by atoms with E-state index in [0.29, 0.717) is 25.0 Å². The van der Waals surface area contributed by atoms with Gasteiger partial charge in [0.05, 0.1) is 6.61 Å². The molecule has 0 radical (unpaired) electrons. The fourth-order valence-electron chi connectivity index (χ4n) is 2.80. The van der Waals surface area contributed by atoms with E-state index in [9.17, 15) is 4.79 Å². The number of nitrogens with one attached hydrogen (secondary N) is 1. The topological polar surface area (TPSA) is 38.3 Å². The quantitative estimate of drug-likeness (QED) is 0.592. The molecule has 0 spiro atoms. The predicted molar refractivity (Wildman–Crippen MR) is 69.7 cm³/mol. The molecule has 1 aliphatic rings. The molecular formula is C14H25NO2. The number of ether oxygens (including phenoxy) is 1. The van der Waals surface area contributed by atoms with Gasteiger partial charge in [0.2, 0.25) is 0 Å². The molecule has 0 aliphatic heterocycles. The number of carbonyl (C=O) groups excluding carboxylic acids is 1. The largest absolute Gasteiger partial charge is 0.465 e. The van der Waals surface area contributed by atoms with Crippen LogP contribution in [0.5, 0.6) is 0 Å². The van der Waals surface area contributed by atoms with Crippen molar-refractivity contribution in [3.8, 4) is 0 Å². The summed E-state index contributed by atoms with van der Waals surface area (Å²) in [7, 11) is 0. The van der Waals surface area contributed by atoms with Crippen molar-refractivity contribution in [2.75, 3.05) is 13.2 Å². The van der Waals surface area contributed by atoms with Gasteiger partial charge in [-0.3, -0.25) is 10.1 Å². The highest BCUT2D eigenvalue weighted by atomic mass is 16.5. The Hall–Kier alpha value is -0.830. The van der Waals surface area contributed by atoms with Crippen molar-refractivity contribution in [2.45, 2.75) is 45.6 Å². The lowest BCUT2D eigenvalue weighted by Crippen LogP contribution is -2.59. The van der Waals surface area contributed by atoms with Crippen molar-refractivity contribution in [3.05, 3.63) is 12.7 Å². The van der Waals surface area contributed by atoms with E-state index in [2.05, 4.69) is 25.7 Å². The first-order chi connectivity index (χ1) is 8.06. The van der Waals surface area contributed by atoms with Crippen LogP contribution in [0.25, 0.3) is 0 Å². The summed E-state index contributed by atoms with van der Waals surface area (Å²) in [6, 6.07) is 0. The molecule has 1 saturated carbocycles. The highest BCUT2D eigenvalue weighted by Gasteiger charge is 2.46. The Morgan fingerprint density at radius 1 is 1.59 bits per heavy atom. The van der Waals surface area contributed by atoms with Gasteiger partial charge < -0.3 is 4.74 Å². The van der Waals surface area contributed by atoms with Gasteiger partial charge in [-0.15, -0.1) is 6.58 Å². The maximum atomic E-state index is 12.2. The third-order valence-electron chi connectivity index (χ3n) is 3.83. The SMILES string of the molecule is C=CCNC1(C(=O)OCC)CCC(C)CC1C. The van der Waals surface area contributed by atoms with Crippen LogP contribution >= 0.6 is 0 Å². The maximum absolute atomic E-state index is 12.2. The lowest BCUT2D eigenvalue weighted by molar-refractivity contribution is -0.155. The Morgan fingerprint density at radius 3 is 2.82 bits per heavy atom. The molecule has 0 bridgehead atoms. The second-order valence-corrected chi connectivity index (χ2v) is 5.14. The van der Waals surface area contributed by atoms with E-state index in [4.69, 9.17) is 4.74 Å². The highest BCUT2D eigenvalue weighted by molar-refractivity contribution is 5.81. The molecule has 1 rings (SSSR count). The molecule has 1 N–H and O–H groups in total. The monoisotopic (exact) mass is 239 g/mol. The van der Waals surface area contributed by atoms with E-state index in [-0.39, 0.29) is 5.97 Å². The number of esters is 1. The fraction of sp³-hybridized carbons (Fsp3) is 0.786. The van der Waals surface area contributed by atoms with Crippen LogP contribution in [-0.4, -0.2) is 24.7 Å². The zero-order valence-corrected chi connectivity index (χ0v) is 11.3. The average molecular weight is 239 g/mol. The van der Waals surface area contributed by atoms with E-state index in [1.807, 2.05) is 6.92 Å². The van der Waals surface area contributed by atoms with Crippen molar-refractivity contribution < 1.29 is 9.53 Å². The lowest BCUT2D eigenvalue weighted by atomic mass is 9.70. The average Bonchev–Trinajstić information content (AvgIpc) is 2.29. The molecule has 1 aliphatic carbocycles. The molecular weight excluding hydrogens is 214 g/mol. The second kappa shape index (κ2) is 6.20. The Kier molecular flexibility index (Phi) is 5.19. The van der Waals surface area contributed by atoms with Crippen LogP contribution in [0.2, 0.25) is 0 Å². The summed E-state index contributed by atoms with van der Waals surface area (Å²) in [6.07, 6.45) is 4.81. The van der Waals surface area contributed by atoms with E-state index >= 15 is 0 Å². The molecule has 3 nitrogen and oxygen atoms in total. The summed E-state index contributed by atoms with van der Waals surface area (Å²) in [5.74, 6) is 0.907. The zero-order chi connectivity index (χ0) is 12.9. The molecule has 0 aromatic carbocycles. The molecule has 3 unspecified atom stereocenters. The Bertz CT molecular complexity index is 277. The number of hydrogen-bond acceptors (Lipinski definition) is 3. The number of rotatable bonds is 5. The third kappa shape index (κ3) is 3.09. The molecule has 0 aromatic rings. The van der Waals surface area contributed by atoms with Gasteiger partial charge in [0.1, 0.15) is 5.54 Å². The van der Waals surface area contributed by atoms with E-state index in [1.54, 1.807) is 6.08 Å². The minimum atomic E-state index is -0.503. The van der Waals surface area contributed by atoms with Gasteiger partial charge in [-0.2, -0.15) is 0 Å². The van der Waals surface area contributed by atoms with E-state index in [0.717, 1.165) is 19.3 Å². The summed E-state index contributed by atoms with van der Waals surface area (Å²) in [4.78, 5) is 12.2. The van der Waals surface area contributed by atoms with Crippen LogP contribution in [0.15, 0.2) is 12.7 Å². The van der Waals surface area contributed by atoms with Crippen LogP contribution in [0.3, 0.4) is 0 Å². The normalized spacial score (nSPS) is 33.1. The Labute approximate surface area is 105 Å². The van der Waals surface area contributed by atoms with Gasteiger partial charge >= 0.3 is 5.97 Å². The minimum Gasteiger partial charge on any atom is -0.465 e. The molecule has 0 amide bonds. The van der Waals surface area contributed by atoms with Gasteiger partial charge in [-0.1, -0.05) is 19.9 Å². The second-order valence-electron chi connectivity index (χ2n) is 5.14. The molecule has 0 heterocycles. The molecule has 1 fully saturated rings. The van der Waals surface area contributed by atoms with Crippen LogP contribution in [0, 0.1) is 11.8 Å². The van der Waals surface area contributed by atoms with Gasteiger partial charge in [0.15, 0.2) is 0 Å². The summed E-state index contributed by atoms with van der Waals surface area (Å²) in [5.41, 5.74) is -0.503. The summed E-state index contributed by atoms with van der Waals surface area (Å²) < 4.78 is 5.25. The first kappa shape index (κ1) is 14.2. The number of carbonyl (C=O) groups is 1. The van der Waals surface area contributed by atoms with Crippen molar-refractivity contribution in [2.24, 2.45) is 11.8 Å². The molecule has 17 heavy (non-hydrogen) atoms. The van der Waals surface area contributed by atoms with Crippen molar-refractivity contribution in [1.82, 2.24) is 5.32 Å². The van der Waals surface area contributed by atoms with Gasteiger partial charge in [-0.25, -0.2) is 0 Å². The standard InChI is InChI=1S/C14H25NO2/c1-5-9-15-14(13(16)17-6-2)8-7-11(3)10-12(14)4/h5,11-12,15H,1,6-10H2,2-4H3. The predicted octanol–water partition coefficient (Wildman–Crippen LogP) is 2.52. The Morgan fingerprint density at radius 2 is 2.29 bits per heavy atom. The van der Waals surface area contributed by atoms with Crippen LogP contribution < -0.4 is 5.32 Å². The molecule has 0 saturated heterocycles. The van der Waals surface area contributed by atoms with Crippen LogP contribution in [0.4, 0.5) is 0 Å². The van der Waals surface area contributed by atoms with Crippen molar-refractivity contribution in [3.63, 3.8) is 0 Å². The van der Waals surface area contributed by atoms with Gasteiger partial charge in [0, 0.05) is 6.54 Å². The van der Waals surface area contributed by atoms with E-state index in [1.165, 1.54) is 0 Å². The van der Waals surface area contributed by atoms with Crippen molar-refractivity contribution >= 4 is 5.97 Å². The van der Waals surface area contributed by atoms with E-state index < -0.39 is 5.54 Å².